The van der Waals surface area contributed by atoms with E-state index in [-0.39, 0.29) is 5.56 Å². The van der Waals surface area contributed by atoms with Gasteiger partial charge in [0.25, 0.3) is 5.56 Å². The first kappa shape index (κ1) is 16.2. The van der Waals surface area contributed by atoms with E-state index in [0.29, 0.717) is 21.7 Å². The van der Waals surface area contributed by atoms with Gasteiger partial charge in [-0.2, -0.15) is 0 Å². The number of aromatic nitrogens is 2. The van der Waals surface area contributed by atoms with Gasteiger partial charge in [-0.1, -0.05) is 41.9 Å². The number of hydrogen-bond donors (Lipinski definition) is 0. The van der Waals surface area contributed by atoms with E-state index in [4.69, 9.17) is 16.6 Å². The lowest BCUT2D eigenvalue weighted by Crippen LogP contribution is -2.28. The van der Waals surface area contributed by atoms with Crippen LogP contribution < -0.4 is 5.56 Å². The lowest BCUT2D eigenvalue weighted by Gasteiger charge is -2.26. The van der Waals surface area contributed by atoms with Gasteiger partial charge in [-0.15, -0.1) is 0 Å². The summed E-state index contributed by atoms with van der Waals surface area (Å²) in [5.74, 6) is 0.164. The van der Waals surface area contributed by atoms with Crippen molar-refractivity contribution in [3.05, 3.63) is 105 Å². The first-order valence-corrected chi connectivity index (χ1v) is 8.96. The molecule has 132 valence electrons. The van der Waals surface area contributed by atoms with E-state index in [9.17, 15) is 9.18 Å². The first-order chi connectivity index (χ1) is 13.0. The third-order valence-corrected chi connectivity index (χ3v) is 5.64. The van der Waals surface area contributed by atoms with Crippen molar-refractivity contribution in [1.82, 2.24) is 9.55 Å². The molecular weight excluding hydrogens is 363 g/mol. The molecule has 1 aromatic heterocycles. The molecule has 1 atom stereocenters. The molecule has 1 aliphatic rings. The quantitative estimate of drug-likeness (QED) is 0.476. The van der Waals surface area contributed by atoms with E-state index in [1.165, 1.54) is 18.2 Å². The Bertz CT molecular complexity index is 1280. The number of benzene rings is 3. The van der Waals surface area contributed by atoms with Crippen molar-refractivity contribution in [2.24, 2.45) is 0 Å². The smallest absolute Gasteiger partial charge is 0.266 e. The van der Waals surface area contributed by atoms with Crippen molar-refractivity contribution in [3.8, 4) is 5.69 Å². The van der Waals surface area contributed by atoms with Crippen molar-refractivity contribution in [2.45, 2.75) is 12.3 Å². The molecule has 0 saturated heterocycles. The summed E-state index contributed by atoms with van der Waals surface area (Å²) in [6, 6.07) is 19.4. The van der Waals surface area contributed by atoms with Gasteiger partial charge in [0.15, 0.2) is 0 Å². The van der Waals surface area contributed by atoms with Crippen LogP contribution in [0.25, 0.3) is 16.6 Å². The molecule has 5 rings (SSSR count). The summed E-state index contributed by atoms with van der Waals surface area (Å²) < 4.78 is 15.4. The summed E-state index contributed by atoms with van der Waals surface area (Å²) in [7, 11) is 0. The average molecular weight is 377 g/mol. The highest BCUT2D eigenvalue weighted by Crippen LogP contribution is 2.46. The molecule has 0 radical (unpaired) electrons. The van der Waals surface area contributed by atoms with E-state index >= 15 is 0 Å². The van der Waals surface area contributed by atoms with E-state index in [0.717, 1.165) is 16.8 Å². The third kappa shape index (κ3) is 2.14. The van der Waals surface area contributed by atoms with Gasteiger partial charge in [0.1, 0.15) is 11.6 Å². The zero-order valence-corrected chi connectivity index (χ0v) is 15.2. The second kappa shape index (κ2) is 5.51. The highest BCUT2D eigenvalue weighted by molar-refractivity contribution is 6.30. The molecular formula is C22H14ClFN2O. The number of nitrogens with zero attached hydrogens (tertiary/aromatic N) is 2. The van der Waals surface area contributed by atoms with Crippen molar-refractivity contribution in [2.75, 3.05) is 0 Å². The molecule has 1 aliphatic heterocycles. The Hall–Kier alpha value is -2.98. The molecule has 0 fully saturated rings. The fraction of sp³-hybridized carbons (Fsp3) is 0.0909. The highest BCUT2D eigenvalue weighted by atomic mass is 35.5. The minimum absolute atomic E-state index is 0.194. The molecule has 2 heterocycles. The lowest BCUT2D eigenvalue weighted by atomic mass is 9.77. The maximum Gasteiger partial charge on any atom is 0.266 e. The predicted molar refractivity (Wildman–Crippen MR) is 104 cm³/mol. The molecule has 0 amide bonds. The van der Waals surface area contributed by atoms with Crippen LogP contribution >= 0.6 is 11.6 Å². The van der Waals surface area contributed by atoms with Crippen LogP contribution in [0.3, 0.4) is 0 Å². The zero-order chi connectivity index (χ0) is 18.8. The summed E-state index contributed by atoms with van der Waals surface area (Å²) in [5, 5.41) is 1.04. The van der Waals surface area contributed by atoms with Crippen molar-refractivity contribution < 1.29 is 4.39 Å². The minimum Gasteiger partial charge on any atom is -0.268 e. The van der Waals surface area contributed by atoms with Gasteiger partial charge in [-0.3, -0.25) is 9.36 Å². The van der Waals surface area contributed by atoms with Crippen LogP contribution in [-0.4, -0.2) is 9.55 Å². The largest absolute Gasteiger partial charge is 0.268 e. The summed E-state index contributed by atoms with van der Waals surface area (Å²) in [6.45, 7) is 2.03. The number of para-hydroxylation sites is 1. The molecule has 5 heteroatoms. The SMILES string of the molecule is CC1(c2ccc(Cl)cc2)c2ccccc2-n2c1nc1cc(F)ccc1c2=O. The third-order valence-electron chi connectivity index (χ3n) is 5.38. The Morgan fingerprint density at radius 1 is 1.04 bits per heavy atom. The van der Waals surface area contributed by atoms with E-state index in [1.807, 2.05) is 55.5 Å². The molecule has 0 aliphatic carbocycles. The summed E-state index contributed by atoms with van der Waals surface area (Å²) in [4.78, 5) is 18.0. The monoisotopic (exact) mass is 376 g/mol. The van der Waals surface area contributed by atoms with E-state index in [1.54, 1.807) is 4.57 Å². The standard InChI is InChI=1S/C22H14ClFN2O/c1-22(13-6-8-14(23)9-7-13)17-4-2-3-5-19(17)26-20(27)16-11-10-15(24)12-18(16)25-21(22)26/h2-12H,1H3. The van der Waals surface area contributed by atoms with Gasteiger partial charge >= 0.3 is 0 Å². The van der Waals surface area contributed by atoms with Crippen molar-refractivity contribution >= 4 is 22.5 Å². The number of halogens is 2. The van der Waals surface area contributed by atoms with Crippen LogP contribution in [0.1, 0.15) is 23.9 Å². The average Bonchev–Trinajstić information content (AvgIpc) is 2.92. The number of fused-ring (bicyclic) bond motifs is 4. The van der Waals surface area contributed by atoms with Crippen LogP contribution in [0.2, 0.25) is 5.02 Å². The lowest BCUT2D eigenvalue weighted by molar-refractivity contribution is 0.627. The minimum atomic E-state index is -0.652. The maximum atomic E-state index is 13.8. The normalized spacial score (nSPS) is 17.7. The van der Waals surface area contributed by atoms with Gasteiger partial charge < -0.3 is 0 Å². The zero-order valence-electron chi connectivity index (χ0n) is 14.4. The van der Waals surface area contributed by atoms with Crippen LogP contribution in [0.5, 0.6) is 0 Å². The molecule has 27 heavy (non-hydrogen) atoms. The second-order valence-electron chi connectivity index (χ2n) is 6.89. The Morgan fingerprint density at radius 3 is 2.56 bits per heavy atom. The Kier molecular flexibility index (Phi) is 3.31. The maximum absolute atomic E-state index is 13.8. The van der Waals surface area contributed by atoms with Crippen LogP contribution in [0.15, 0.2) is 71.5 Å². The molecule has 0 bridgehead atoms. The Labute approximate surface area is 159 Å². The molecule has 3 nitrogen and oxygen atoms in total. The predicted octanol–water partition coefficient (Wildman–Crippen LogP) is 4.85. The van der Waals surface area contributed by atoms with Crippen molar-refractivity contribution in [1.29, 1.82) is 0 Å². The van der Waals surface area contributed by atoms with Gasteiger partial charge in [0.2, 0.25) is 0 Å². The molecule has 0 spiro atoms. The molecule has 4 aromatic rings. The molecule has 0 N–H and O–H groups in total. The van der Waals surface area contributed by atoms with E-state index < -0.39 is 11.2 Å². The van der Waals surface area contributed by atoms with Gasteiger partial charge in [0, 0.05) is 11.1 Å². The summed E-state index contributed by atoms with van der Waals surface area (Å²) in [5.41, 5.74) is 2.26. The topological polar surface area (TPSA) is 34.9 Å². The van der Waals surface area contributed by atoms with Crippen LogP contribution in [0, 0.1) is 5.82 Å². The Balaban J connectivity index is 1.94. The van der Waals surface area contributed by atoms with Crippen LogP contribution in [0.4, 0.5) is 4.39 Å². The Morgan fingerprint density at radius 2 is 1.78 bits per heavy atom. The van der Waals surface area contributed by atoms with Crippen LogP contribution in [-0.2, 0) is 5.41 Å². The molecule has 0 saturated carbocycles. The fourth-order valence-electron chi connectivity index (χ4n) is 4.00. The van der Waals surface area contributed by atoms with Gasteiger partial charge in [-0.05, 0) is 48.4 Å². The van der Waals surface area contributed by atoms with Gasteiger partial charge in [0.05, 0.1) is 22.0 Å². The van der Waals surface area contributed by atoms with E-state index in [2.05, 4.69) is 0 Å². The molecule has 1 unspecified atom stereocenters. The molecule has 3 aromatic carbocycles. The van der Waals surface area contributed by atoms with Gasteiger partial charge in [-0.25, -0.2) is 9.37 Å². The second-order valence-corrected chi connectivity index (χ2v) is 7.32. The number of hydrogen-bond acceptors (Lipinski definition) is 2. The first-order valence-electron chi connectivity index (χ1n) is 8.59. The van der Waals surface area contributed by atoms with Crippen molar-refractivity contribution in [3.63, 3.8) is 0 Å². The summed E-state index contributed by atoms with van der Waals surface area (Å²) in [6.07, 6.45) is 0. The number of rotatable bonds is 1. The summed E-state index contributed by atoms with van der Waals surface area (Å²) >= 11 is 6.07. The highest BCUT2D eigenvalue weighted by Gasteiger charge is 2.43. The fourth-order valence-corrected chi connectivity index (χ4v) is 4.12.